The molecule has 1 aliphatic rings. The van der Waals surface area contributed by atoms with Crippen LogP contribution in [0.25, 0.3) is 0 Å². The van der Waals surface area contributed by atoms with Crippen molar-refractivity contribution in [2.75, 3.05) is 0 Å². The molecule has 3 heteroatoms. The zero-order valence-electron chi connectivity index (χ0n) is 8.73. The third kappa shape index (κ3) is 1.60. The van der Waals surface area contributed by atoms with Crippen molar-refractivity contribution in [3.05, 3.63) is 0 Å². The van der Waals surface area contributed by atoms with Crippen LogP contribution in [0.15, 0.2) is 0 Å². The molecule has 1 saturated heterocycles. The maximum atomic E-state index is 11.5. The summed E-state index contributed by atoms with van der Waals surface area (Å²) in [5.41, 5.74) is -0.796. The molecular weight excluding hydrogens is 166 g/mol. The van der Waals surface area contributed by atoms with Crippen LogP contribution in [0, 0.1) is 10.8 Å². The van der Waals surface area contributed by atoms with Crippen LogP contribution in [-0.4, -0.2) is 11.8 Å². The van der Waals surface area contributed by atoms with Crippen LogP contribution in [-0.2, 0) is 9.59 Å². The standard InChI is InChI=1S/C10H17NO2/c1-5-10(4)6-9(2,3)7(12)11-8(10)13/h5-6H2,1-4H3,(H,11,12,13). The Morgan fingerprint density at radius 2 is 1.77 bits per heavy atom. The number of rotatable bonds is 1. The second kappa shape index (κ2) is 2.82. The minimum atomic E-state index is -0.418. The zero-order chi connectivity index (χ0) is 10.3. The van der Waals surface area contributed by atoms with Crippen LogP contribution in [0.4, 0.5) is 0 Å². The molecule has 1 aliphatic heterocycles. The van der Waals surface area contributed by atoms with Gasteiger partial charge in [-0.15, -0.1) is 0 Å². The van der Waals surface area contributed by atoms with Gasteiger partial charge in [0.25, 0.3) is 0 Å². The molecule has 1 rings (SSSR count). The molecule has 0 aromatic heterocycles. The number of carbonyl (C=O) groups is 2. The van der Waals surface area contributed by atoms with E-state index in [9.17, 15) is 9.59 Å². The third-order valence-corrected chi connectivity index (χ3v) is 3.00. The van der Waals surface area contributed by atoms with E-state index < -0.39 is 5.41 Å². The van der Waals surface area contributed by atoms with Crippen LogP contribution < -0.4 is 5.32 Å². The highest BCUT2D eigenvalue weighted by Crippen LogP contribution is 2.40. The van der Waals surface area contributed by atoms with Crippen LogP contribution >= 0.6 is 0 Å². The lowest BCUT2D eigenvalue weighted by atomic mass is 9.68. The van der Waals surface area contributed by atoms with Crippen molar-refractivity contribution in [2.24, 2.45) is 10.8 Å². The maximum Gasteiger partial charge on any atom is 0.232 e. The Kier molecular flexibility index (Phi) is 2.22. The molecule has 1 heterocycles. The molecule has 13 heavy (non-hydrogen) atoms. The zero-order valence-corrected chi connectivity index (χ0v) is 8.73. The Morgan fingerprint density at radius 3 is 2.23 bits per heavy atom. The molecular formula is C10H17NO2. The van der Waals surface area contributed by atoms with Gasteiger partial charge in [0.1, 0.15) is 0 Å². The molecule has 1 fully saturated rings. The van der Waals surface area contributed by atoms with E-state index in [-0.39, 0.29) is 17.2 Å². The summed E-state index contributed by atoms with van der Waals surface area (Å²) in [6, 6.07) is 0. The first-order valence-corrected chi connectivity index (χ1v) is 4.68. The van der Waals surface area contributed by atoms with Gasteiger partial charge in [-0.25, -0.2) is 0 Å². The van der Waals surface area contributed by atoms with Crippen molar-refractivity contribution in [1.29, 1.82) is 0 Å². The Bertz CT molecular complexity index is 258. The van der Waals surface area contributed by atoms with E-state index in [0.29, 0.717) is 6.42 Å². The Labute approximate surface area is 78.9 Å². The highest BCUT2D eigenvalue weighted by molar-refractivity contribution is 6.02. The third-order valence-electron chi connectivity index (χ3n) is 3.00. The van der Waals surface area contributed by atoms with Crippen LogP contribution in [0.1, 0.15) is 40.5 Å². The van der Waals surface area contributed by atoms with Crippen molar-refractivity contribution in [2.45, 2.75) is 40.5 Å². The smallest absolute Gasteiger partial charge is 0.232 e. The van der Waals surface area contributed by atoms with E-state index in [1.165, 1.54) is 0 Å². The summed E-state index contributed by atoms with van der Waals surface area (Å²) < 4.78 is 0. The van der Waals surface area contributed by atoms with Gasteiger partial charge in [0.2, 0.25) is 11.8 Å². The molecule has 1 unspecified atom stereocenters. The van der Waals surface area contributed by atoms with Crippen molar-refractivity contribution in [1.82, 2.24) is 5.32 Å². The van der Waals surface area contributed by atoms with E-state index in [1.54, 1.807) is 0 Å². The summed E-state index contributed by atoms with van der Waals surface area (Å²) in [6.45, 7) is 7.65. The first kappa shape index (κ1) is 10.2. The first-order valence-electron chi connectivity index (χ1n) is 4.68. The van der Waals surface area contributed by atoms with E-state index >= 15 is 0 Å². The van der Waals surface area contributed by atoms with Gasteiger partial charge in [0.15, 0.2) is 0 Å². The predicted molar refractivity (Wildman–Crippen MR) is 49.9 cm³/mol. The number of nitrogens with one attached hydrogen (secondary N) is 1. The number of hydrogen-bond acceptors (Lipinski definition) is 2. The fourth-order valence-corrected chi connectivity index (χ4v) is 1.84. The number of carbonyl (C=O) groups excluding carboxylic acids is 2. The largest absolute Gasteiger partial charge is 0.296 e. The average Bonchev–Trinajstić information content (AvgIpc) is 2.01. The lowest BCUT2D eigenvalue weighted by Crippen LogP contribution is -2.55. The lowest BCUT2D eigenvalue weighted by molar-refractivity contribution is -0.149. The fourth-order valence-electron chi connectivity index (χ4n) is 1.84. The topological polar surface area (TPSA) is 46.2 Å². The predicted octanol–water partition coefficient (Wildman–Crippen LogP) is 1.48. The van der Waals surface area contributed by atoms with Gasteiger partial charge < -0.3 is 0 Å². The number of hydrogen-bond donors (Lipinski definition) is 1. The minimum Gasteiger partial charge on any atom is -0.296 e. The molecule has 0 bridgehead atoms. The molecule has 0 aromatic carbocycles. The summed E-state index contributed by atoms with van der Waals surface area (Å²) in [6.07, 6.45) is 1.41. The van der Waals surface area contributed by atoms with Gasteiger partial charge >= 0.3 is 0 Å². The highest BCUT2D eigenvalue weighted by Gasteiger charge is 2.46. The van der Waals surface area contributed by atoms with Crippen molar-refractivity contribution < 1.29 is 9.59 Å². The molecule has 0 aliphatic carbocycles. The Balaban J connectivity index is 2.95. The van der Waals surface area contributed by atoms with E-state index in [0.717, 1.165) is 6.42 Å². The second-order valence-corrected chi connectivity index (χ2v) is 4.76. The molecule has 0 aromatic rings. The van der Waals surface area contributed by atoms with Gasteiger partial charge in [0, 0.05) is 10.8 Å². The van der Waals surface area contributed by atoms with Crippen LogP contribution in [0.2, 0.25) is 0 Å². The van der Waals surface area contributed by atoms with E-state index in [4.69, 9.17) is 0 Å². The summed E-state index contributed by atoms with van der Waals surface area (Å²) in [4.78, 5) is 22.9. The van der Waals surface area contributed by atoms with Gasteiger partial charge in [-0.2, -0.15) is 0 Å². The quantitative estimate of drug-likeness (QED) is 0.626. The molecule has 0 spiro atoms. The molecule has 74 valence electrons. The van der Waals surface area contributed by atoms with Crippen molar-refractivity contribution in [3.8, 4) is 0 Å². The first-order chi connectivity index (χ1) is 5.82. The van der Waals surface area contributed by atoms with Gasteiger partial charge in [-0.1, -0.05) is 27.7 Å². The summed E-state index contributed by atoms with van der Waals surface area (Å²) >= 11 is 0. The summed E-state index contributed by atoms with van der Waals surface area (Å²) in [5, 5.41) is 2.43. The molecule has 1 atom stereocenters. The Morgan fingerprint density at radius 1 is 1.23 bits per heavy atom. The number of piperidine rings is 1. The molecule has 0 radical (unpaired) electrons. The molecule has 0 saturated carbocycles. The molecule has 2 amide bonds. The van der Waals surface area contributed by atoms with Gasteiger partial charge in [0.05, 0.1) is 0 Å². The average molecular weight is 183 g/mol. The minimum absolute atomic E-state index is 0.126. The normalized spacial score (nSPS) is 32.9. The van der Waals surface area contributed by atoms with Gasteiger partial charge in [-0.3, -0.25) is 14.9 Å². The number of amides is 2. The highest BCUT2D eigenvalue weighted by atomic mass is 16.2. The lowest BCUT2D eigenvalue weighted by Gasteiger charge is -2.39. The second-order valence-electron chi connectivity index (χ2n) is 4.76. The van der Waals surface area contributed by atoms with Crippen molar-refractivity contribution >= 4 is 11.8 Å². The monoisotopic (exact) mass is 183 g/mol. The van der Waals surface area contributed by atoms with E-state index in [2.05, 4.69) is 5.32 Å². The molecule has 3 nitrogen and oxygen atoms in total. The summed E-state index contributed by atoms with van der Waals surface area (Å²) in [5.74, 6) is -0.275. The molecule has 1 N–H and O–H groups in total. The fraction of sp³-hybridized carbons (Fsp3) is 0.800. The van der Waals surface area contributed by atoms with E-state index in [1.807, 2.05) is 27.7 Å². The van der Waals surface area contributed by atoms with Crippen LogP contribution in [0.3, 0.4) is 0 Å². The van der Waals surface area contributed by atoms with Gasteiger partial charge in [-0.05, 0) is 12.8 Å². The maximum absolute atomic E-state index is 11.5. The summed E-state index contributed by atoms with van der Waals surface area (Å²) in [7, 11) is 0. The van der Waals surface area contributed by atoms with Crippen molar-refractivity contribution in [3.63, 3.8) is 0 Å². The SMILES string of the molecule is CCC1(C)CC(C)(C)C(=O)NC1=O. The Hall–Kier alpha value is -0.860. The van der Waals surface area contributed by atoms with Crippen LogP contribution in [0.5, 0.6) is 0 Å². The number of imide groups is 1.